The maximum atomic E-state index is 10.5. The molecule has 0 unspecified atom stereocenters. The molecule has 21 heavy (non-hydrogen) atoms. The molecule has 0 saturated heterocycles. The highest BCUT2D eigenvalue weighted by Gasteiger charge is 2.12. The van der Waals surface area contributed by atoms with Crippen LogP contribution in [0.3, 0.4) is 0 Å². The molecule has 0 amide bonds. The third-order valence-electron chi connectivity index (χ3n) is 2.94. The van der Waals surface area contributed by atoms with E-state index in [-0.39, 0.29) is 0 Å². The van der Waals surface area contributed by atoms with E-state index < -0.39 is 5.97 Å². The van der Waals surface area contributed by atoms with E-state index in [0.717, 1.165) is 36.1 Å². The number of ether oxygens (including phenoxy) is 1. The number of hydrogen-bond acceptors (Lipinski definition) is 4. The van der Waals surface area contributed by atoms with Crippen molar-refractivity contribution < 1.29 is 14.6 Å². The molecule has 1 N–H and O–H groups in total. The van der Waals surface area contributed by atoms with Crippen molar-refractivity contribution in [3.63, 3.8) is 0 Å². The van der Waals surface area contributed by atoms with E-state index >= 15 is 0 Å². The monoisotopic (exact) mass is 292 g/mol. The third kappa shape index (κ3) is 5.95. The van der Waals surface area contributed by atoms with E-state index in [0.29, 0.717) is 12.5 Å². The van der Waals surface area contributed by atoms with Crippen molar-refractivity contribution in [1.29, 1.82) is 0 Å². The summed E-state index contributed by atoms with van der Waals surface area (Å²) in [6.07, 6.45) is 4.36. The van der Waals surface area contributed by atoms with Gasteiger partial charge in [-0.05, 0) is 36.1 Å². The summed E-state index contributed by atoms with van der Waals surface area (Å²) in [6, 6.07) is 1.95. The van der Waals surface area contributed by atoms with Crippen LogP contribution in [0.4, 0.5) is 5.82 Å². The highest BCUT2D eigenvalue weighted by Crippen LogP contribution is 2.19. The Bertz CT molecular complexity index is 498. The maximum Gasteiger partial charge on any atom is 0.328 e. The molecule has 0 bridgehead atoms. The topological polar surface area (TPSA) is 62.7 Å². The number of hydrogen-bond donors (Lipinski definition) is 1. The zero-order chi connectivity index (χ0) is 15.8. The third-order valence-corrected chi connectivity index (χ3v) is 2.94. The van der Waals surface area contributed by atoms with E-state index in [1.165, 1.54) is 0 Å². The number of aryl methyl sites for hydroxylation is 1. The number of pyridine rings is 1. The molecule has 0 aliphatic rings. The van der Waals surface area contributed by atoms with Crippen LogP contribution in [0, 0.1) is 12.8 Å². The van der Waals surface area contributed by atoms with Gasteiger partial charge in [0, 0.05) is 32.5 Å². The van der Waals surface area contributed by atoms with Gasteiger partial charge in [-0.3, -0.25) is 0 Å². The Hall–Kier alpha value is -1.88. The number of aliphatic carboxylic acids is 1. The molecule has 0 saturated carbocycles. The van der Waals surface area contributed by atoms with Crippen LogP contribution in [0.15, 0.2) is 18.3 Å². The van der Waals surface area contributed by atoms with E-state index in [1.54, 1.807) is 19.4 Å². The molecule has 5 nitrogen and oxygen atoms in total. The molecule has 1 rings (SSSR count). The second-order valence-corrected chi connectivity index (χ2v) is 5.41. The quantitative estimate of drug-likeness (QED) is 0.746. The summed E-state index contributed by atoms with van der Waals surface area (Å²) in [5.41, 5.74) is 1.81. The Morgan fingerprint density at radius 1 is 1.52 bits per heavy atom. The van der Waals surface area contributed by atoms with Crippen LogP contribution >= 0.6 is 0 Å². The molecule has 0 atom stereocenters. The predicted octanol–water partition coefficient (Wildman–Crippen LogP) is 2.60. The number of rotatable bonds is 8. The summed E-state index contributed by atoms with van der Waals surface area (Å²) >= 11 is 0. The number of carbonyl (C=O) groups is 1. The zero-order valence-electron chi connectivity index (χ0n) is 13.2. The molecule has 0 radical (unpaired) electrons. The Balaban J connectivity index is 2.95. The lowest BCUT2D eigenvalue weighted by Gasteiger charge is -2.26. The summed E-state index contributed by atoms with van der Waals surface area (Å²) < 4.78 is 5.16. The second kappa shape index (κ2) is 8.42. The first-order valence-corrected chi connectivity index (χ1v) is 7.05. The lowest BCUT2D eigenvalue weighted by molar-refractivity contribution is -0.131. The Morgan fingerprint density at radius 3 is 2.76 bits per heavy atom. The first kappa shape index (κ1) is 17.2. The van der Waals surface area contributed by atoms with Gasteiger partial charge in [-0.2, -0.15) is 0 Å². The summed E-state index contributed by atoms with van der Waals surface area (Å²) in [5, 5.41) is 8.65. The summed E-state index contributed by atoms with van der Waals surface area (Å²) in [5.74, 6) is 0.487. The number of nitrogens with zero attached hydrogens (tertiary/aromatic N) is 2. The fraction of sp³-hybridized carbons (Fsp3) is 0.500. The molecule has 5 heteroatoms. The van der Waals surface area contributed by atoms with Crippen molar-refractivity contribution in [3.8, 4) is 0 Å². The standard InChI is InChI=1S/C16H24N2O3/c1-12(2)11-18(7-8-21-4)16-13(3)9-14(10-17-16)5-6-15(19)20/h5-6,9-10,12H,7-8,11H2,1-4H3,(H,19,20)/b6-5+. The molecule has 0 fully saturated rings. The summed E-state index contributed by atoms with van der Waals surface area (Å²) in [4.78, 5) is 17.2. The van der Waals surface area contributed by atoms with Crippen molar-refractivity contribution in [2.45, 2.75) is 20.8 Å². The molecule has 0 aliphatic carbocycles. The molecular formula is C16H24N2O3. The Morgan fingerprint density at radius 2 is 2.24 bits per heavy atom. The number of methoxy groups -OCH3 is 1. The van der Waals surface area contributed by atoms with Gasteiger partial charge in [0.1, 0.15) is 5.82 Å². The highest BCUT2D eigenvalue weighted by atomic mass is 16.5. The largest absolute Gasteiger partial charge is 0.478 e. The van der Waals surface area contributed by atoms with Gasteiger partial charge in [-0.1, -0.05) is 13.8 Å². The van der Waals surface area contributed by atoms with Crippen LogP contribution in [0.5, 0.6) is 0 Å². The molecule has 116 valence electrons. The fourth-order valence-electron chi connectivity index (χ4n) is 2.10. The van der Waals surface area contributed by atoms with E-state index in [4.69, 9.17) is 9.84 Å². The van der Waals surface area contributed by atoms with E-state index in [2.05, 4.69) is 23.7 Å². The van der Waals surface area contributed by atoms with Crippen molar-refractivity contribution in [2.24, 2.45) is 5.92 Å². The first-order valence-electron chi connectivity index (χ1n) is 7.05. The minimum absolute atomic E-state index is 0.523. The normalized spacial score (nSPS) is 11.3. The van der Waals surface area contributed by atoms with Crippen LogP contribution < -0.4 is 4.90 Å². The molecule has 1 aromatic rings. The van der Waals surface area contributed by atoms with E-state index in [9.17, 15) is 4.79 Å². The van der Waals surface area contributed by atoms with Gasteiger partial charge in [0.2, 0.25) is 0 Å². The second-order valence-electron chi connectivity index (χ2n) is 5.41. The smallest absolute Gasteiger partial charge is 0.328 e. The van der Waals surface area contributed by atoms with Gasteiger partial charge in [-0.15, -0.1) is 0 Å². The molecule has 0 aromatic carbocycles. The van der Waals surface area contributed by atoms with Crippen molar-refractivity contribution >= 4 is 17.9 Å². The van der Waals surface area contributed by atoms with Crippen molar-refractivity contribution in [3.05, 3.63) is 29.5 Å². The van der Waals surface area contributed by atoms with Crippen LogP contribution in [0.1, 0.15) is 25.0 Å². The van der Waals surface area contributed by atoms with Crippen molar-refractivity contribution in [1.82, 2.24) is 4.98 Å². The van der Waals surface area contributed by atoms with Gasteiger partial charge in [0.15, 0.2) is 0 Å². The SMILES string of the molecule is COCCN(CC(C)C)c1ncc(/C=C/C(=O)O)cc1C. The van der Waals surface area contributed by atoms with Crippen LogP contribution in [-0.2, 0) is 9.53 Å². The lowest BCUT2D eigenvalue weighted by Crippen LogP contribution is -2.32. The van der Waals surface area contributed by atoms with Gasteiger partial charge in [-0.25, -0.2) is 9.78 Å². The van der Waals surface area contributed by atoms with Crippen LogP contribution in [0.25, 0.3) is 6.08 Å². The van der Waals surface area contributed by atoms with Crippen molar-refractivity contribution in [2.75, 3.05) is 31.7 Å². The molecular weight excluding hydrogens is 268 g/mol. The van der Waals surface area contributed by atoms with Crippen LogP contribution in [0.2, 0.25) is 0 Å². The highest BCUT2D eigenvalue weighted by molar-refractivity contribution is 5.85. The average molecular weight is 292 g/mol. The Kier molecular flexibility index (Phi) is 6.88. The van der Waals surface area contributed by atoms with Gasteiger partial charge in [0.05, 0.1) is 6.61 Å². The lowest BCUT2D eigenvalue weighted by atomic mass is 10.1. The van der Waals surface area contributed by atoms with Gasteiger partial charge >= 0.3 is 5.97 Å². The Labute approximate surface area is 126 Å². The molecule has 0 spiro atoms. The van der Waals surface area contributed by atoms with Gasteiger partial charge in [0.25, 0.3) is 0 Å². The average Bonchev–Trinajstić information content (AvgIpc) is 2.41. The number of carboxylic acids is 1. The minimum Gasteiger partial charge on any atom is -0.478 e. The van der Waals surface area contributed by atoms with Gasteiger partial charge < -0.3 is 14.7 Å². The molecule has 1 heterocycles. The minimum atomic E-state index is -0.960. The fourth-order valence-corrected chi connectivity index (χ4v) is 2.10. The maximum absolute atomic E-state index is 10.5. The first-order chi connectivity index (χ1) is 9.93. The zero-order valence-corrected chi connectivity index (χ0v) is 13.2. The predicted molar refractivity (Wildman–Crippen MR) is 84.6 cm³/mol. The molecule has 1 aromatic heterocycles. The van der Waals surface area contributed by atoms with Crippen LogP contribution in [-0.4, -0.2) is 42.9 Å². The number of anilines is 1. The summed E-state index contributed by atoms with van der Waals surface area (Å²) in [7, 11) is 1.69. The number of aromatic nitrogens is 1. The van der Waals surface area contributed by atoms with E-state index in [1.807, 2.05) is 13.0 Å². The molecule has 0 aliphatic heterocycles. The summed E-state index contributed by atoms with van der Waals surface area (Å²) in [6.45, 7) is 8.65. The number of carboxylic acid groups (broad SMARTS) is 1.